The highest BCUT2D eigenvalue weighted by Gasteiger charge is 2.19. The summed E-state index contributed by atoms with van der Waals surface area (Å²) in [5.74, 6) is -0.136. The van der Waals surface area contributed by atoms with Gasteiger partial charge >= 0.3 is 0 Å². The van der Waals surface area contributed by atoms with E-state index in [2.05, 4.69) is 29.8 Å². The van der Waals surface area contributed by atoms with E-state index >= 15 is 0 Å². The predicted molar refractivity (Wildman–Crippen MR) is 65.3 cm³/mol. The first-order valence-electron chi connectivity index (χ1n) is 5.08. The Morgan fingerprint density at radius 3 is 2.67 bits per heavy atom. The SMILES string of the molecule is CC(C)(CCN)Cc1cc(Br)ccc1F. The molecule has 0 spiro atoms. The zero-order valence-corrected chi connectivity index (χ0v) is 10.8. The lowest BCUT2D eigenvalue weighted by Crippen LogP contribution is -2.20. The van der Waals surface area contributed by atoms with E-state index in [1.54, 1.807) is 6.07 Å². The molecule has 0 heterocycles. The van der Waals surface area contributed by atoms with Crippen LogP contribution in [0.5, 0.6) is 0 Å². The molecule has 0 radical (unpaired) electrons. The van der Waals surface area contributed by atoms with Gasteiger partial charge in [0, 0.05) is 4.47 Å². The van der Waals surface area contributed by atoms with Crippen LogP contribution in [0.4, 0.5) is 4.39 Å². The zero-order valence-electron chi connectivity index (χ0n) is 9.19. The van der Waals surface area contributed by atoms with E-state index in [1.165, 1.54) is 6.07 Å². The quantitative estimate of drug-likeness (QED) is 0.893. The lowest BCUT2D eigenvalue weighted by Gasteiger charge is -2.24. The van der Waals surface area contributed by atoms with Crippen molar-refractivity contribution >= 4 is 15.9 Å². The molecule has 0 unspecified atom stereocenters. The molecule has 0 fully saturated rings. The molecule has 1 aromatic rings. The van der Waals surface area contributed by atoms with Crippen LogP contribution in [-0.4, -0.2) is 6.54 Å². The van der Waals surface area contributed by atoms with Crippen LogP contribution in [0.2, 0.25) is 0 Å². The van der Waals surface area contributed by atoms with Gasteiger partial charge in [0.1, 0.15) is 5.82 Å². The number of halogens is 2. The minimum absolute atomic E-state index is 0.0520. The van der Waals surface area contributed by atoms with Gasteiger partial charge < -0.3 is 5.73 Å². The second-order valence-corrected chi connectivity index (χ2v) is 5.53. The fourth-order valence-electron chi connectivity index (χ4n) is 1.67. The predicted octanol–water partition coefficient (Wildman–Crippen LogP) is 3.51. The summed E-state index contributed by atoms with van der Waals surface area (Å²) >= 11 is 3.35. The highest BCUT2D eigenvalue weighted by Crippen LogP contribution is 2.27. The molecule has 0 aliphatic carbocycles. The molecule has 1 aromatic carbocycles. The number of nitrogens with two attached hydrogens (primary N) is 1. The Kier molecular flexibility index (Phi) is 4.29. The molecule has 84 valence electrons. The maximum absolute atomic E-state index is 13.5. The minimum Gasteiger partial charge on any atom is -0.330 e. The highest BCUT2D eigenvalue weighted by molar-refractivity contribution is 9.10. The van der Waals surface area contributed by atoms with Crippen LogP contribution in [0.15, 0.2) is 22.7 Å². The lowest BCUT2D eigenvalue weighted by molar-refractivity contribution is 0.333. The monoisotopic (exact) mass is 273 g/mol. The van der Waals surface area contributed by atoms with Gasteiger partial charge in [-0.25, -0.2) is 4.39 Å². The molecule has 0 aliphatic rings. The fourth-order valence-corrected chi connectivity index (χ4v) is 2.08. The topological polar surface area (TPSA) is 26.0 Å². The van der Waals surface area contributed by atoms with Crippen molar-refractivity contribution in [2.75, 3.05) is 6.54 Å². The smallest absolute Gasteiger partial charge is 0.126 e. The molecule has 3 heteroatoms. The van der Waals surface area contributed by atoms with E-state index in [9.17, 15) is 4.39 Å². The van der Waals surface area contributed by atoms with Gasteiger partial charge in [0.25, 0.3) is 0 Å². The van der Waals surface area contributed by atoms with Crippen LogP contribution in [0.1, 0.15) is 25.8 Å². The molecule has 0 amide bonds. The Balaban J connectivity index is 2.83. The normalized spacial score (nSPS) is 11.8. The summed E-state index contributed by atoms with van der Waals surface area (Å²) in [5.41, 5.74) is 6.34. The second-order valence-electron chi connectivity index (χ2n) is 4.62. The average Bonchev–Trinajstić information content (AvgIpc) is 2.10. The van der Waals surface area contributed by atoms with Crippen LogP contribution in [0, 0.1) is 11.2 Å². The third-order valence-electron chi connectivity index (χ3n) is 2.50. The minimum atomic E-state index is -0.136. The highest BCUT2D eigenvalue weighted by atomic mass is 79.9. The van der Waals surface area contributed by atoms with E-state index < -0.39 is 0 Å². The zero-order chi connectivity index (χ0) is 11.5. The van der Waals surface area contributed by atoms with Crippen LogP contribution < -0.4 is 5.73 Å². The van der Waals surface area contributed by atoms with Gasteiger partial charge in [0.2, 0.25) is 0 Å². The van der Waals surface area contributed by atoms with Crippen molar-refractivity contribution in [3.05, 3.63) is 34.1 Å². The summed E-state index contributed by atoms with van der Waals surface area (Å²) in [6.07, 6.45) is 1.62. The molecule has 15 heavy (non-hydrogen) atoms. The molecule has 1 rings (SSSR count). The number of hydrogen-bond donors (Lipinski definition) is 1. The van der Waals surface area contributed by atoms with Gasteiger partial charge in [0.05, 0.1) is 0 Å². The fraction of sp³-hybridized carbons (Fsp3) is 0.500. The Labute approximate surface area is 99.0 Å². The number of rotatable bonds is 4. The Morgan fingerprint density at radius 2 is 2.07 bits per heavy atom. The Hall–Kier alpha value is -0.410. The van der Waals surface area contributed by atoms with Crippen molar-refractivity contribution in [2.45, 2.75) is 26.7 Å². The van der Waals surface area contributed by atoms with E-state index in [4.69, 9.17) is 5.73 Å². The second kappa shape index (κ2) is 5.08. The summed E-state index contributed by atoms with van der Waals surface area (Å²) in [4.78, 5) is 0. The third-order valence-corrected chi connectivity index (χ3v) is 2.99. The molecule has 0 saturated carbocycles. The number of hydrogen-bond acceptors (Lipinski definition) is 1. The summed E-state index contributed by atoms with van der Waals surface area (Å²) in [6.45, 7) is 4.86. The van der Waals surface area contributed by atoms with Gasteiger partial charge in [0.15, 0.2) is 0 Å². The summed E-state index contributed by atoms with van der Waals surface area (Å²) in [7, 11) is 0. The van der Waals surface area contributed by atoms with Gasteiger partial charge in [-0.15, -0.1) is 0 Å². The van der Waals surface area contributed by atoms with E-state index in [1.807, 2.05) is 6.07 Å². The maximum atomic E-state index is 13.5. The summed E-state index contributed by atoms with van der Waals surface area (Å²) < 4.78 is 14.4. The van der Waals surface area contributed by atoms with Gasteiger partial charge in [-0.2, -0.15) is 0 Å². The summed E-state index contributed by atoms with van der Waals surface area (Å²) in [5, 5.41) is 0. The van der Waals surface area contributed by atoms with E-state index in [0.29, 0.717) is 6.54 Å². The standard InChI is InChI=1S/C12H17BrFN/c1-12(2,5-6-15)8-9-7-10(13)3-4-11(9)14/h3-4,7H,5-6,8,15H2,1-2H3. The Bertz CT molecular complexity index is 336. The lowest BCUT2D eigenvalue weighted by atomic mass is 9.82. The molecule has 2 N–H and O–H groups in total. The van der Waals surface area contributed by atoms with E-state index in [-0.39, 0.29) is 11.2 Å². The molecule has 0 atom stereocenters. The molecule has 1 nitrogen and oxygen atoms in total. The molecule has 0 saturated heterocycles. The molecule has 0 bridgehead atoms. The van der Waals surface area contributed by atoms with Crippen LogP contribution in [0.25, 0.3) is 0 Å². The van der Waals surface area contributed by atoms with Gasteiger partial charge in [-0.1, -0.05) is 29.8 Å². The first kappa shape index (κ1) is 12.7. The molecular formula is C12H17BrFN. The maximum Gasteiger partial charge on any atom is 0.126 e. The molecular weight excluding hydrogens is 257 g/mol. The molecule has 0 aromatic heterocycles. The van der Waals surface area contributed by atoms with Crippen LogP contribution >= 0.6 is 15.9 Å². The van der Waals surface area contributed by atoms with Crippen molar-refractivity contribution in [3.63, 3.8) is 0 Å². The van der Waals surface area contributed by atoms with Crippen molar-refractivity contribution in [1.29, 1.82) is 0 Å². The average molecular weight is 274 g/mol. The summed E-state index contributed by atoms with van der Waals surface area (Å²) in [6, 6.07) is 5.06. The van der Waals surface area contributed by atoms with Crippen LogP contribution in [-0.2, 0) is 6.42 Å². The van der Waals surface area contributed by atoms with E-state index in [0.717, 1.165) is 22.9 Å². The van der Waals surface area contributed by atoms with Crippen LogP contribution in [0.3, 0.4) is 0 Å². The first-order valence-corrected chi connectivity index (χ1v) is 5.88. The largest absolute Gasteiger partial charge is 0.330 e. The number of benzene rings is 1. The first-order chi connectivity index (χ1) is 6.94. The van der Waals surface area contributed by atoms with Crippen molar-refractivity contribution in [2.24, 2.45) is 11.1 Å². The van der Waals surface area contributed by atoms with Crippen molar-refractivity contribution in [3.8, 4) is 0 Å². The van der Waals surface area contributed by atoms with Gasteiger partial charge in [-0.05, 0) is 48.6 Å². The third kappa shape index (κ3) is 3.92. The van der Waals surface area contributed by atoms with Gasteiger partial charge in [-0.3, -0.25) is 0 Å². The van der Waals surface area contributed by atoms with Crippen molar-refractivity contribution in [1.82, 2.24) is 0 Å². The molecule has 0 aliphatic heterocycles. The van der Waals surface area contributed by atoms with Crippen molar-refractivity contribution < 1.29 is 4.39 Å². The Morgan fingerprint density at radius 1 is 1.40 bits per heavy atom.